The van der Waals surface area contributed by atoms with Crippen molar-refractivity contribution in [1.82, 2.24) is 20.4 Å². The summed E-state index contributed by atoms with van der Waals surface area (Å²) in [5, 5.41) is 8.02. The molecule has 6 nitrogen and oxygen atoms in total. The third-order valence-corrected chi connectivity index (χ3v) is 3.86. The highest BCUT2D eigenvalue weighted by Gasteiger charge is 2.07. The van der Waals surface area contributed by atoms with Crippen LogP contribution in [0.1, 0.15) is 24.6 Å². The molecule has 2 heterocycles. The van der Waals surface area contributed by atoms with Gasteiger partial charge in [-0.25, -0.2) is 4.98 Å². The second-order valence-electron chi connectivity index (χ2n) is 4.04. The monoisotopic (exact) mass is 281 g/mol. The van der Waals surface area contributed by atoms with E-state index in [1.165, 1.54) is 11.2 Å². The van der Waals surface area contributed by atoms with E-state index in [1.54, 1.807) is 11.3 Å². The van der Waals surface area contributed by atoms with Gasteiger partial charge in [0.15, 0.2) is 11.5 Å². The van der Waals surface area contributed by atoms with Crippen molar-refractivity contribution in [1.29, 1.82) is 0 Å². The van der Waals surface area contributed by atoms with E-state index in [-0.39, 0.29) is 0 Å². The van der Waals surface area contributed by atoms with Crippen molar-refractivity contribution in [3.05, 3.63) is 23.3 Å². The lowest BCUT2D eigenvalue weighted by molar-refractivity contribution is 0.375. The van der Waals surface area contributed by atoms with Gasteiger partial charge in [-0.3, -0.25) is 0 Å². The summed E-state index contributed by atoms with van der Waals surface area (Å²) in [6, 6.07) is 0. The zero-order valence-corrected chi connectivity index (χ0v) is 12.1. The molecule has 0 aliphatic rings. The van der Waals surface area contributed by atoms with Crippen LogP contribution in [0.15, 0.2) is 17.0 Å². The predicted octanol–water partition coefficient (Wildman–Crippen LogP) is 1.70. The number of aromatic nitrogens is 3. The molecule has 0 radical (unpaired) electrons. The molecule has 2 aromatic rings. The molecular formula is C12H19N5OS. The molecule has 19 heavy (non-hydrogen) atoms. The van der Waals surface area contributed by atoms with Crippen LogP contribution < -0.4 is 10.2 Å². The predicted molar refractivity (Wildman–Crippen MR) is 75.4 cm³/mol. The minimum absolute atomic E-state index is 0.667. The minimum atomic E-state index is 0.667. The highest BCUT2D eigenvalue weighted by atomic mass is 32.1. The van der Waals surface area contributed by atoms with Crippen molar-refractivity contribution in [2.24, 2.45) is 0 Å². The molecule has 0 unspecified atom stereocenters. The molecule has 104 valence electrons. The average Bonchev–Trinajstić information content (AvgIpc) is 3.08. The fourth-order valence-corrected chi connectivity index (χ4v) is 2.74. The standard InChI is InChI=1S/C12H19N5OS/c1-3-17(4-2)12-14-8-10(19-12)7-13-6-5-11-15-9-16-18-11/h8-9,13H,3-7H2,1-2H3. The van der Waals surface area contributed by atoms with Gasteiger partial charge in [-0.15, -0.1) is 11.3 Å². The van der Waals surface area contributed by atoms with Gasteiger partial charge >= 0.3 is 0 Å². The van der Waals surface area contributed by atoms with E-state index in [0.717, 1.165) is 37.7 Å². The lowest BCUT2D eigenvalue weighted by Gasteiger charge is -2.16. The maximum atomic E-state index is 4.93. The molecule has 0 saturated carbocycles. The summed E-state index contributed by atoms with van der Waals surface area (Å²) in [6.45, 7) is 7.93. The third-order valence-electron chi connectivity index (χ3n) is 2.80. The first kappa shape index (κ1) is 14.0. The van der Waals surface area contributed by atoms with Crippen molar-refractivity contribution in [3.8, 4) is 0 Å². The van der Waals surface area contributed by atoms with E-state index in [4.69, 9.17) is 4.52 Å². The summed E-state index contributed by atoms with van der Waals surface area (Å²) in [4.78, 5) is 11.9. The minimum Gasteiger partial charge on any atom is -0.349 e. The molecule has 1 N–H and O–H groups in total. The zero-order valence-electron chi connectivity index (χ0n) is 11.3. The normalized spacial score (nSPS) is 10.8. The maximum absolute atomic E-state index is 4.93. The van der Waals surface area contributed by atoms with Crippen molar-refractivity contribution in [2.45, 2.75) is 26.8 Å². The van der Waals surface area contributed by atoms with Crippen molar-refractivity contribution < 1.29 is 4.52 Å². The summed E-state index contributed by atoms with van der Waals surface area (Å²) >= 11 is 1.74. The summed E-state index contributed by atoms with van der Waals surface area (Å²) < 4.78 is 4.93. The smallest absolute Gasteiger partial charge is 0.227 e. The van der Waals surface area contributed by atoms with Gasteiger partial charge in [0, 0.05) is 43.7 Å². The number of anilines is 1. The molecule has 0 saturated heterocycles. The molecular weight excluding hydrogens is 262 g/mol. The van der Waals surface area contributed by atoms with Crippen LogP contribution in [0.25, 0.3) is 0 Å². The summed E-state index contributed by atoms with van der Waals surface area (Å²) in [7, 11) is 0. The van der Waals surface area contributed by atoms with E-state index in [2.05, 4.69) is 39.2 Å². The number of nitrogens with zero attached hydrogens (tertiary/aromatic N) is 4. The van der Waals surface area contributed by atoms with E-state index in [9.17, 15) is 0 Å². The Bertz CT molecular complexity index is 466. The Balaban J connectivity index is 1.74. The Morgan fingerprint density at radius 3 is 2.84 bits per heavy atom. The topological polar surface area (TPSA) is 67.1 Å². The van der Waals surface area contributed by atoms with Gasteiger partial charge in [0.05, 0.1) is 0 Å². The second kappa shape index (κ2) is 7.20. The number of hydrogen-bond donors (Lipinski definition) is 1. The van der Waals surface area contributed by atoms with Gasteiger partial charge in [-0.2, -0.15) is 4.98 Å². The lowest BCUT2D eigenvalue weighted by atomic mass is 10.4. The lowest BCUT2D eigenvalue weighted by Crippen LogP contribution is -2.21. The average molecular weight is 281 g/mol. The molecule has 0 aliphatic heterocycles. The van der Waals surface area contributed by atoms with Gasteiger partial charge in [-0.05, 0) is 13.8 Å². The SMILES string of the molecule is CCN(CC)c1ncc(CNCCc2ncno2)s1. The molecule has 0 amide bonds. The molecule has 0 spiro atoms. The first-order chi connectivity index (χ1) is 9.33. The van der Waals surface area contributed by atoms with Crippen LogP contribution in [0.5, 0.6) is 0 Å². The third kappa shape index (κ3) is 4.00. The van der Waals surface area contributed by atoms with Gasteiger partial charge in [0.25, 0.3) is 0 Å². The highest BCUT2D eigenvalue weighted by molar-refractivity contribution is 7.15. The first-order valence-electron chi connectivity index (χ1n) is 6.49. The maximum Gasteiger partial charge on any atom is 0.227 e. The van der Waals surface area contributed by atoms with E-state index in [1.807, 2.05) is 6.20 Å². The first-order valence-corrected chi connectivity index (χ1v) is 7.31. The summed E-state index contributed by atoms with van der Waals surface area (Å²) in [5.41, 5.74) is 0. The molecule has 0 aliphatic carbocycles. The number of hydrogen-bond acceptors (Lipinski definition) is 7. The molecule has 0 atom stereocenters. The Morgan fingerprint density at radius 2 is 2.16 bits per heavy atom. The second-order valence-corrected chi connectivity index (χ2v) is 5.14. The zero-order chi connectivity index (χ0) is 13.5. The molecule has 0 aromatic carbocycles. The quantitative estimate of drug-likeness (QED) is 0.743. The van der Waals surface area contributed by atoms with Crippen molar-refractivity contribution in [3.63, 3.8) is 0 Å². The van der Waals surface area contributed by atoms with Crippen molar-refractivity contribution >= 4 is 16.5 Å². The number of thiazole rings is 1. The van der Waals surface area contributed by atoms with Crippen LogP contribution in [0, 0.1) is 0 Å². The van der Waals surface area contributed by atoms with E-state index < -0.39 is 0 Å². The fraction of sp³-hybridized carbons (Fsp3) is 0.583. The van der Waals surface area contributed by atoms with Gasteiger partial charge in [-0.1, -0.05) is 5.16 Å². The largest absolute Gasteiger partial charge is 0.349 e. The fourth-order valence-electron chi connectivity index (χ4n) is 1.73. The molecule has 2 aromatic heterocycles. The van der Waals surface area contributed by atoms with Crippen LogP contribution in [0.4, 0.5) is 5.13 Å². The summed E-state index contributed by atoms with van der Waals surface area (Å²) in [5.74, 6) is 0.667. The molecule has 0 fully saturated rings. The highest BCUT2D eigenvalue weighted by Crippen LogP contribution is 2.21. The molecule has 0 bridgehead atoms. The van der Waals surface area contributed by atoms with Crippen LogP contribution >= 0.6 is 11.3 Å². The number of rotatable bonds is 8. The Labute approximate surface area is 116 Å². The Kier molecular flexibility index (Phi) is 5.29. The van der Waals surface area contributed by atoms with Crippen LogP contribution in [0.2, 0.25) is 0 Å². The van der Waals surface area contributed by atoms with E-state index >= 15 is 0 Å². The molecule has 2 rings (SSSR count). The number of nitrogens with one attached hydrogen (secondary N) is 1. The van der Waals surface area contributed by atoms with E-state index in [0.29, 0.717) is 5.89 Å². The summed E-state index contributed by atoms with van der Waals surface area (Å²) in [6.07, 6.45) is 4.12. The van der Waals surface area contributed by atoms with Crippen LogP contribution in [-0.2, 0) is 13.0 Å². The van der Waals surface area contributed by atoms with Crippen molar-refractivity contribution in [2.75, 3.05) is 24.5 Å². The Hall–Kier alpha value is -1.47. The Morgan fingerprint density at radius 1 is 1.32 bits per heavy atom. The van der Waals surface area contributed by atoms with Gasteiger partial charge in [0.1, 0.15) is 0 Å². The van der Waals surface area contributed by atoms with Crippen LogP contribution in [-0.4, -0.2) is 34.8 Å². The van der Waals surface area contributed by atoms with Crippen LogP contribution in [0.3, 0.4) is 0 Å². The van der Waals surface area contributed by atoms with Gasteiger partial charge in [0.2, 0.25) is 5.89 Å². The molecule has 7 heteroatoms. The van der Waals surface area contributed by atoms with Gasteiger partial charge < -0.3 is 14.7 Å².